The van der Waals surface area contributed by atoms with E-state index in [-0.39, 0.29) is 38.6 Å². The molecule has 0 saturated carbocycles. The molecule has 0 aliphatic rings. The monoisotopic (exact) mass is 1100 g/mol. The Morgan fingerprint density at radius 1 is 0.392 bits per heavy atom. The van der Waals surface area contributed by atoms with E-state index >= 15 is 0 Å². The number of aliphatic carboxylic acids is 1. The van der Waals surface area contributed by atoms with Gasteiger partial charge in [-0.3, -0.25) is 9.59 Å². The van der Waals surface area contributed by atoms with Gasteiger partial charge in [-0.05, 0) is 122 Å². The van der Waals surface area contributed by atoms with Gasteiger partial charge in [-0.1, -0.05) is 230 Å². The lowest BCUT2D eigenvalue weighted by atomic mass is 10.1. The van der Waals surface area contributed by atoms with Crippen LogP contribution in [0, 0.1) is 0 Å². The standard InChI is InChI=1S/C70H113NO8/c1-6-8-10-12-14-16-18-20-22-24-26-27-28-29-30-31-32-33-34-35-36-37-38-39-40-41-43-45-47-49-51-53-55-57-59-61-68(73)79-66(65-78-70(69(74)75)76-63-62-71(3,4)5)64-77-67(72)60-58-56-54-52-50-48-46-44-42-25-23-21-19-17-15-13-11-9-7-2/h8,10,14-17,20-23,26-27,29-30,32-33,35-36,38-39,41,43,47,49,66,70H,6-7,9,11-13,18-19,24-25,28,31,34,37,40,42,44-46,48,50-65H2,1-5H3/p+1/b10-8-,16-14-,17-15-,22-20-,23-21-,27-26-,30-29-,33-32-,36-35-,39-38-,43-41-,49-47-. The van der Waals surface area contributed by atoms with Gasteiger partial charge in [0.15, 0.2) is 6.10 Å². The van der Waals surface area contributed by atoms with Crippen LogP contribution in [0.5, 0.6) is 0 Å². The fourth-order valence-electron chi connectivity index (χ4n) is 7.83. The van der Waals surface area contributed by atoms with E-state index in [0.717, 1.165) is 128 Å². The highest BCUT2D eigenvalue weighted by Crippen LogP contribution is 2.14. The van der Waals surface area contributed by atoms with Crippen LogP contribution >= 0.6 is 0 Å². The van der Waals surface area contributed by atoms with Crippen LogP contribution in [-0.2, 0) is 33.3 Å². The molecule has 1 N–H and O–H groups in total. The molecule has 0 heterocycles. The molecule has 2 atom stereocenters. The average molecular weight is 1100 g/mol. The van der Waals surface area contributed by atoms with Crippen molar-refractivity contribution in [2.24, 2.45) is 0 Å². The normalized spacial score (nSPS) is 13.8. The number of hydrogen-bond donors (Lipinski definition) is 1. The summed E-state index contributed by atoms with van der Waals surface area (Å²) >= 11 is 0. The minimum Gasteiger partial charge on any atom is -0.477 e. The first-order valence-electron chi connectivity index (χ1n) is 31.0. The lowest BCUT2D eigenvalue weighted by Gasteiger charge is -2.25. The van der Waals surface area contributed by atoms with Crippen molar-refractivity contribution in [2.75, 3.05) is 47.5 Å². The second-order valence-corrected chi connectivity index (χ2v) is 21.3. The van der Waals surface area contributed by atoms with Gasteiger partial charge >= 0.3 is 17.9 Å². The number of carbonyl (C=O) groups is 3. The Hall–Kier alpha value is -4.83. The summed E-state index contributed by atoms with van der Waals surface area (Å²) in [5, 5.41) is 9.71. The topological polar surface area (TPSA) is 108 Å². The van der Waals surface area contributed by atoms with Crippen LogP contribution in [-0.4, -0.2) is 87.4 Å². The quantitative estimate of drug-likeness (QED) is 0.0211. The van der Waals surface area contributed by atoms with E-state index < -0.39 is 24.3 Å². The van der Waals surface area contributed by atoms with Gasteiger partial charge in [0.2, 0.25) is 0 Å². The molecule has 0 rings (SSSR count). The fourth-order valence-corrected chi connectivity index (χ4v) is 7.83. The molecule has 0 aliphatic carbocycles. The van der Waals surface area contributed by atoms with Crippen LogP contribution in [0.25, 0.3) is 0 Å². The van der Waals surface area contributed by atoms with Crippen LogP contribution in [0.4, 0.5) is 0 Å². The Morgan fingerprint density at radius 2 is 0.722 bits per heavy atom. The summed E-state index contributed by atoms with van der Waals surface area (Å²) in [5.41, 5.74) is 0. The van der Waals surface area contributed by atoms with Crippen molar-refractivity contribution in [1.29, 1.82) is 0 Å². The van der Waals surface area contributed by atoms with Crippen molar-refractivity contribution in [3.63, 3.8) is 0 Å². The van der Waals surface area contributed by atoms with Gasteiger partial charge in [-0.2, -0.15) is 0 Å². The molecule has 0 aliphatic heterocycles. The van der Waals surface area contributed by atoms with Gasteiger partial charge in [-0.15, -0.1) is 0 Å². The van der Waals surface area contributed by atoms with Crippen LogP contribution in [0.2, 0.25) is 0 Å². The predicted molar refractivity (Wildman–Crippen MR) is 336 cm³/mol. The van der Waals surface area contributed by atoms with Crippen molar-refractivity contribution < 1.29 is 42.9 Å². The van der Waals surface area contributed by atoms with Crippen LogP contribution in [0.1, 0.15) is 219 Å². The fraction of sp³-hybridized carbons (Fsp3) is 0.614. The molecule has 9 nitrogen and oxygen atoms in total. The van der Waals surface area contributed by atoms with Gasteiger partial charge < -0.3 is 28.5 Å². The molecular weight excluding hydrogens is 983 g/mol. The summed E-state index contributed by atoms with van der Waals surface area (Å²) < 4.78 is 22.9. The molecule has 9 heteroatoms. The van der Waals surface area contributed by atoms with Crippen molar-refractivity contribution >= 4 is 17.9 Å². The summed E-state index contributed by atoms with van der Waals surface area (Å²) in [5.74, 6) is -2.06. The van der Waals surface area contributed by atoms with Gasteiger partial charge in [0.25, 0.3) is 6.29 Å². The molecule has 0 bridgehead atoms. The molecule has 0 aromatic carbocycles. The predicted octanol–water partition coefficient (Wildman–Crippen LogP) is 18.8. The van der Waals surface area contributed by atoms with Crippen molar-refractivity contribution in [1.82, 2.24) is 0 Å². The zero-order valence-corrected chi connectivity index (χ0v) is 50.7. The number of carbonyl (C=O) groups excluding carboxylic acids is 2. The number of carboxylic acids is 1. The Balaban J connectivity index is 4.31. The second kappa shape index (κ2) is 59.3. The van der Waals surface area contributed by atoms with E-state index in [1.54, 1.807) is 0 Å². The molecule has 0 spiro atoms. The Labute approximate surface area is 483 Å². The first-order chi connectivity index (χ1) is 38.6. The molecule has 2 unspecified atom stereocenters. The third kappa shape index (κ3) is 60.7. The number of rotatable bonds is 55. The third-order valence-electron chi connectivity index (χ3n) is 12.6. The Morgan fingerprint density at radius 3 is 1.08 bits per heavy atom. The number of quaternary nitrogens is 1. The number of hydrogen-bond acceptors (Lipinski definition) is 7. The summed E-state index contributed by atoms with van der Waals surface area (Å²) in [7, 11) is 5.95. The van der Waals surface area contributed by atoms with E-state index in [0.29, 0.717) is 17.4 Å². The van der Waals surface area contributed by atoms with Gasteiger partial charge in [0, 0.05) is 12.8 Å². The van der Waals surface area contributed by atoms with Crippen LogP contribution < -0.4 is 0 Å². The SMILES string of the molecule is CC/C=C\C/C=C\C/C=C\C/C=C\C/C=C\C/C=C\C/C=C\C/C=C\C/C=C\C/C=C\CCCCCCC(=O)OC(COC(=O)CCCCCCCCCCC/C=C\C/C=C\CCCCC)COC(OCC[N+](C)(C)C)C(=O)O. The number of esters is 2. The first kappa shape index (κ1) is 74.2. The molecule has 0 fully saturated rings. The van der Waals surface area contributed by atoms with Gasteiger partial charge in [0.1, 0.15) is 13.2 Å². The number of nitrogens with zero attached hydrogens (tertiary/aromatic N) is 1. The van der Waals surface area contributed by atoms with Gasteiger partial charge in [-0.25, -0.2) is 4.79 Å². The average Bonchev–Trinajstić information content (AvgIpc) is 3.42. The van der Waals surface area contributed by atoms with Gasteiger partial charge in [0.05, 0.1) is 34.4 Å². The molecule has 79 heavy (non-hydrogen) atoms. The largest absolute Gasteiger partial charge is 0.477 e. The molecular formula is C70H114NO8+. The molecule has 0 aromatic rings. The number of unbranched alkanes of at least 4 members (excludes halogenated alkanes) is 16. The summed E-state index contributed by atoms with van der Waals surface area (Å²) in [6, 6.07) is 0. The first-order valence-corrected chi connectivity index (χ1v) is 31.0. The maximum atomic E-state index is 12.9. The molecule has 0 radical (unpaired) electrons. The van der Waals surface area contributed by atoms with E-state index in [1.807, 2.05) is 21.1 Å². The molecule has 0 saturated heterocycles. The smallest absolute Gasteiger partial charge is 0.361 e. The van der Waals surface area contributed by atoms with Crippen molar-refractivity contribution in [3.05, 3.63) is 146 Å². The Kier molecular flexibility index (Phi) is 55.7. The Bertz CT molecular complexity index is 1800. The van der Waals surface area contributed by atoms with E-state index in [1.165, 1.54) is 57.8 Å². The van der Waals surface area contributed by atoms with E-state index in [9.17, 15) is 19.5 Å². The van der Waals surface area contributed by atoms with Crippen LogP contribution in [0.15, 0.2) is 146 Å². The summed E-state index contributed by atoms with van der Waals surface area (Å²) in [6.07, 6.45) is 83.6. The number of allylic oxidation sites excluding steroid dienone is 24. The maximum Gasteiger partial charge on any atom is 0.361 e. The lowest BCUT2D eigenvalue weighted by molar-refractivity contribution is -0.870. The van der Waals surface area contributed by atoms with Crippen molar-refractivity contribution in [2.45, 2.75) is 232 Å². The van der Waals surface area contributed by atoms with Crippen molar-refractivity contribution in [3.8, 4) is 0 Å². The second-order valence-electron chi connectivity index (χ2n) is 21.3. The maximum absolute atomic E-state index is 12.9. The molecule has 0 amide bonds. The number of carboxylic acid groups (broad SMARTS) is 1. The zero-order valence-electron chi connectivity index (χ0n) is 50.7. The number of likely N-dealkylation sites (N-methyl/N-ethyl adjacent to an activating group) is 1. The third-order valence-corrected chi connectivity index (χ3v) is 12.6. The summed E-state index contributed by atoms with van der Waals surface area (Å²) in [4.78, 5) is 37.5. The van der Waals surface area contributed by atoms with E-state index in [2.05, 4.69) is 160 Å². The highest BCUT2D eigenvalue weighted by atomic mass is 16.7. The minimum atomic E-state index is -1.53. The zero-order chi connectivity index (χ0) is 57.6. The highest BCUT2D eigenvalue weighted by Gasteiger charge is 2.25. The number of ether oxygens (including phenoxy) is 4. The molecule has 0 aromatic heterocycles. The van der Waals surface area contributed by atoms with E-state index in [4.69, 9.17) is 18.9 Å². The molecule has 446 valence electrons. The summed E-state index contributed by atoms with van der Waals surface area (Å²) in [6.45, 7) is 4.68. The lowest BCUT2D eigenvalue weighted by Crippen LogP contribution is -2.40. The van der Waals surface area contributed by atoms with Crippen LogP contribution in [0.3, 0.4) is 0 Å². The minimum absolute atomic E-state index is 0.174. The highest BCUT2D eigenvalue weighted by molar-refractivity contribution is 5.71.